The van der Waals surface area contributed by atoms with Crippen LogP contribution in [0.2, 0.25) is 5.04 Å². The monoisotopic (exact) mass is 448 g/mol. The molecule has 0 aromatic heterocycles. The number of hydrogen-bond donors (Lipinski definition) is 0. The Kier molecular flexibility index (Phi) is 6.73. The number of benzene rings is 2. The van der Waals surface area contributed by atoms with Crippen LogP contribution >= 0.6 is 0 Å². The van der Waals surface area contributed by atoms with Gasteiger partial charge in [0.15, 0.2) is 0 Å². The van der Waals surface area contributed by atoms with Gasteiger partial charge in [-0.25, -0.2) is 0 Å². The van der Waals surface area contributed by atoms with Crippen LogP contribution in [0.5, 0.6) is 0 Å². The van der Waals surface area contributed by atoms with Crippen LogP contribution in [0, 0.1) is 11.8 Å². The molecule has 1 fully saturated rings. The van der Waals surface area contributed by atoms with Crippen molar-refractivity contribution in [2.75, 3.05) is 6.61 Å². The molecule has 4 rings (SSSR count). The Morgan fingerprint density at radius 1 is 1.00 bits per heavy atom. The molecule has 0 N–H and O–H groups in total. The minimum atomic E-state index is -2.50. The van der Waals surface area contributed by atoms with Gasteiger partial charge in [0.1, 0.15) is 6.10 Å². The van der Waals surface area contributed by atoms with Gasteiger partial charge in [-0.1, -0.05) is 100 Å². The molecule has 0 amide bonds. The molecule has 3 atom stereocenters. The van der Waals surface area contributed by atoms with E-state index in [9.17, 15) is 4.79 Å². The summed E-state index contributed by atoms with van der Waals surface area (Å²) in [6.45, 7) is 9.94. The summed E-state index contributed by atoms with van der Waals surface area (Å²) in [4.78, 5) is 11.7. The lowest BCUT2D eigenvalue weighted by Crippen LogP contribution is -2.66. The van der Waals surface area contributed by atoms with Crippen molar-refractivity contribution in [2.45, 2.75) is 64.5 Å². The van der Waals surface area contributed by atoms with Gasteiger partial charge in [0.05, 0.1) is 6.42 Å². The Morgan fingerprint density at radius 2 is 1.59 bits per heavy atom. The van der Waals surface area contributed by atoms with Crippen molar-refractivity contribution in [2.24, 2.45) is 11.8 Å². The predicted molar refractivity (Wildman–Crippen MR) is 133 cm³/mol. The number of esters is 1. The first kappa shape index (κ1) is 23.0. The van der Waals surface area contributed by atoms with Crippen LogP contribution in [0.25, 0.3) is 0 Å². The normalized spacial score (nSPS) is 23.8. The van der Waals surface area contributed by atoms with Gasteiger partial charge in [0.2, 0.25) is 0 Å². The summed E-state index contributed by atoms with van der Waals surface area (Å²) < 4.78 is 12.7. The molecule has 2 aromatic rings. The average Bonchev–Trinajstić information content (AvgIpc) is 3.05. The van der Waals surface area contributed by atoms with E-state index in [0.717, 1.165) is 19.3 Å². The van der Waals surface area contributed by atoms with Crippen LogP contribution < -0.4 is 10.4 Å². The predicted octanol–water partition coefficient (Wildman–Crippen LogP) is 5.24. The lowest BCUT2D eigenvalue weighted by molar-refractivity contribution is -0.141. The second kappa shape index (κ2) is 9.36. The van der Waals surface area contributed by atoms with Crippen LogP contribution in [0.15, 0.2) is 72.3 Å². The Bertz CT molecular complexity index is 906. The molecule has 4 heteroatoms. The van der Waals surface area contributed by atoms with Crippen molar-refractivity contribution in [1.29, 1.82) is 0 Å². The fourth-order valence-corrected chi connectivity index (χ4v) is 10.1. The smallest absolute Gasteiger partial charge is 0.306 e. The number of carbonyl (C=O) groups excluding carboxylic acids is 1. The molecule has 170 valence electrons. The molecule has 1 aliphatic heterocycles. The standard InChI is InChI=1S/C28H36O3Si/c1-21-19-26-23(20-27(29)31-26)16-15-22(21)17-18-30-32(28(2,3)4,24-11-7-5-8-12-24)25-13-9-6-10-14-25/h5-15,21,23,26H,16-20H2,1-4H3/t21-,23-,26-/m0/s1. The van der Waals surface area contributed by atoms with Gasteiger partial charge in [0, 0.05) is 12.5 Å². The zero-order valence-corrected chi connectivity index (χ0v) is 20.8. The summed E-state index contributed by atoms with van der Waals surface area (Å²) in [5.74, 6) is 0.734. The van der Waals surface area contributed by atoms with E-state index in [2.05, 4.69) is 94.4 Å². The number of hydrogen-bond acceptors (Lipinski definition) is 3. The SMILES string of the molecule is C[C@H]1C[C@@H]2OC(=O)C[C@@H]2CC=C1CCO[Si](c1ccccc1)(c1ccccc1)C(C)(C)C. The molecule has 0 spiro atoms. The molecule has 2 aromatic carbocycles. The second-order valence-corrected chi connectivity index (χ2v) is 14.7. The molecular formula is C28H36O3Si. The molecule has 0 radical (unpaired) electrons. The van der Waals surface area contributed by atoms with Crippen molar-refractivity contribution >= 4 is 24.7 Å². The van der Waals surface area contributed by atoms with Gasteiger partial charge in [-0.2, -0.15) is 0 Å². The zero-order chi connectivity index (χ0) is 22.8. The summed E-state index contributed by atoms with van der Waals surface area (Å²) in [6.07, 6.45) is 5.82. The van der Waals surface area contributed by atoms with E-state index in [4.69, 9.17) is 9.16 Å². The van der Waals surface area contributed by atoms with Crippen LogP contribution in [0.1, 0.15) is 53.4 Å². The Hall–Kier alpha value is -2.17. The van der Waals surface area contributed by atoms with E-state index in [1.54, 1.807) is 0 Å². The molecule has 2 aliphatic rings. The third kappa shape index (κ3) is 4.48. The fraction of sp³-hybridized carbons (Fsp3) is 0.464. The minimum Gasteiger partial charge on any atom is -0.462 e. The Labute approximate surface area is 194 Å². The van der Waals surface area contributed by atoms with Gasteiger partial charge in [0.25, 0.3) is 8.32 Å². The first-order valence-electron chi connectivity index (χ1n) is 11.9. The lowest BCUT2D eigenvalue weighted by atomic mass is 9.92. The van der Waals surface area contributed by atoms with E-state index in [-0.39, 0.29) is 17.1 Å². The molecule has 1 aliphatic carbocycles. The quantitative estimate of drug-likeness (QED) is 0.344. The third-order valence-electron chi connectivity index (χ3n) is 7.27. The molecule has 1 heterocycles. The molecule has 1 saturated heterocycles. The summed E-state index contributed by atoms with van der Waals surface area (Å²) in [5, 5.41) is 2.63. The number of allylic oxidation sites excluding steroid dienone is 1. The van der Waals surface area contributed by atoms with Gasteiger partial charge in [-0.05, 0) is 40.6 Å². The van der Waals surface area contributed by atoms with Crippen molar-refractivity contribution in [1.82, 2.24) is 0 Å². The molecular weight excluding hydrogens is 412 g/mol. The first-order valence-corrected chi connectivity index (χ1v) is 13.9. The zero-order valence-electron chi connectivity index (χ0n) is 19.8. The van der Waals surface area contributed by atoms with E-state index in [1.165, 1.54) is 15.9 Å². The second-order valence-electron chi connectivity index (χ2n) is 10.4. The fourth-order valence-electron chi connectivity index (χ4n) is 5.57. The number of ether oxygens (including phenoxy) is 1. The molecule has 3 nitrogen and oxygen atoms in total. The first-order chi connectivity index (χ1) is 15.3. The lowest BCUT2D eigenvalue weighted by Gasteiger charge is -2.43. The largest absolute Gasteiger partial charge is 0.462 e. The number of carbonyl (C=O) groups is 1. The van der Waals surface area contributed by atoms with Crippen LogP contribution in [-0.4, -0.2) is 27.0 Å². The molecule has 0 saturated carbocycles. The maximum absolute atomic E-state index is 11.7. The van der Waals surface area contributed by atoms with E-state index < -0.39 is 8.32 Å². The highest BCUT2D eigenvalue weighted by molar-refractivity contribution is 6.99. The number of fused-ring (bicyclic) bond motifs is 1. The summed E-state index contributed by atoms with van der Waals surface area (Å²) in [7, 11) is -2.50. The molecule has 0 bridgehead atoms. The van der Waals surface area contributed by atoms with Crippen LogP contribution in [0.3, 0.4) is 0 Å². The van der Waals surface area contributed by atoms with E-state index in [1.807, 2.05) is 0 Å². The minimum absolute atomic E-state index is 0.00954. The summed E-state index contributed by atoms with van der Waals surface area (Å²) in [6, 6.07) is 21.7. The maximum atomic E-state index is 11.7. The maximum Gasteiger partial charge on any atom is 0.306 e. The van der Waals surface area contributed by atoms with Crippen molar-refractivity contribution in [3.63, 3.8) is 0 Å². The van der Waals surface area contributed by atoms with Gasteiger partial charge < -0.3 is 9.16 Å². The van der Waals surface area contributed by atoms with Crippen LogP contribution in [-0.2, 0) is 14.0 Å². The molecule has 0 unspecified atom stereocenters. The van der Waals surface area contributed by atoms with Gasteiger partial charge >= 0.3 is 5.97 Å². The van der Waals surface area contributed by atoms with E-state index in [0.29, 0.717) is 24.9 Å². The van der Waals surface area contributed by atoms with E-state index >= 15 is 0 Å². The molecule has 32 heavy (non-hydrogen) atoms. The Balaban J connectivity index is 1.58. The highest BCUT2D eigenvalue weighted by atomic mass is 28.4. The van der Waals surface area contributed by atoms with Gasteiger partial charge in [-0.3, -0.25) is 4.79 Å². The summed E-state index contributed by atoms with van der Waals surface area (Å²) >= 11 is 0. The van der Waals surface area contributed by atoms with Crippen LogP contribution in [0.4, 0.5) is 0 Å². The van der Waals surface area contributed by atoms with Crippen molar-refractivity contribution < 1.29 is 14.0 Å². The third-order valence-corrected chi connectivity index (χ3v) is 12.3. The average molecular weight is 449 g/mol. The topological polar surface area (TPSA) is 35.5 Å². The summed E-state index contributed by atoms with van der Waals surface area (Å²) in [5.41, 5.74) is 1.45. The highest BCUT2D eigenvalue weighted by Gasteiger charge is 2.50. The van der Waals surface area contributed by atoms with Gasteiger partial charge in [-0.15, -0.1) is 0 Å². The van der Waals surface area contributed by atoms with Crippen molar-refractivity contribution in [3.05, 3.63) is 72.3 Å². The van der Waals surface area contributed by atoms with Crippen molar-refractivity contribution in [3.8, 4) is 0 Å². The number of rotatable bonds is 6. The Morgan fingerprint density at radius 3 is 2.16 bits per heavy atom. The highest BCUT2D eigenvalue weighted by Crippen LogP contribution is 2.39.